The summed E-state index contributed by atoms with van der Waals surface area (Å²) in [5.41, 5.74) is 0. The van der Waals surface area contributed by atoms with E-state index in [4.69, 9.17) is 8.85 Å². The Hall–Kier alpha value is 0.0238. The molecule has 0 amide bonds. The molecule has 0 aliphatic heterocycles. The molecule has 1 aliphatic rings. The highest BCUT2D eigenvalue weighted by molar-refractivity contribution is 6.74. The monoisotopic (exact) mass is 386 g/mol. The Bertz CT molecular complexity index is 459. The summed E-state index contributed by atoms with van der Waals surface area (Å²) in [5.74, 6) is 0.384. The van der Waals surface area contributed by atoms with Crippen LogP contribution in [0.2, 0.25) is 36.3 Å². The van der Waals surface area contributed by atoms with Gasteiger partial charge in [0, 0.05) is 12.8 Å². The van der Waals surface area contributed by atoms with Crippen LogP contribution in [-0.2, 0) is 13.6 Å². The van der Waals surface area contributed by atoms with E-state index in [1.165, 1.54) is 0 Å². The van der Waals surface area contributed by atoms with E-state index in [0.717, 1.165) is 19.3 Å². The Morgan fingerprint density at radius 3 is 1.56 bits per heavy atom. The fraction of sp³-hybridized carbons (Fsp3) is 0.950. The van der Waals surface area contributed by atoms with Crippen LogP contribution in [0.15, 0.2) is 0 Å². The van der Waals surface area contributed by atoms with Crippen LogP contribution in [0.25, 0.3) is 0 Å². The Labute approximate surface area is 158 Å². The molecule has 0 aromatic heterocycles. The average Bonchev–Trinajstić information content (AvgIpc) is 2.38. The molecule has 0 unspecified atom stereocenters. The topological polar surface area (TPSA) is 35.5 Å². The van der Waals surface area contributed by atoms with Crippen LogP contribution in [0.4, 0.5) is 0 Å². The zero-order valence-electron chi connectivity index (χ0n) is 18.4. The van der Waals surface area contributed by atoms with Gasteiger partial charge >= 0.3 is 0 Å². The molecule has 1 fully saturated rings. The van der Waals surface area contributed by atoms with Gasteiger partial charge in [0.05, 0.1) is 12.2 Å². The minimum absolute atomic E-state index is 0.0549. The first kappa shape index (κ1) is 23.1. The zero-order valence-corrected chi connectivity index (χ0v) is 20.4. The number of Topliss-reactive ketones (excluding diaryl/α,β-unsaturated/α-hetero) is 1. The van der Waals surface area contributed by atoms with Gasteiger partial charge < -0.3 is 8.85 Å². The highest BCUT2D eigenvalue weighted by Gasteiger charge is 2.44. The maximum atomic E-state index is 12.0. The molecule has 0 heterocycles. The fourth-order valence-electron chi connectivity index (χ4n) is 2.68. The van der Waals surface area contributed by atoms with Gasteiger partial charge in [-0.05, 0) is 55.5 Å². The lowest BCUT2D eigenvalue weighted by atomic mass is 9.96. The van der Waals surface area contributed by atoms with Gasteiger partial charge in [-0.15, -0.1) is 0 Å². The summed E-state index contributed by atoms with van der Waals surface area (Å²) in [7, 11) is -3.75. The Morgan fingerprint density at radius 2 is 1.16 bits per heavy atom. The summed E-state index contributed by atoms with van der Waals surface area (Å²) in [6.45, 7) is 22.9. The normalized spacial score (nSPS) is 24.8. The molecule has 1 aliphatic carbocycles. The first-order chi connectivity index (χ1) is 11.1. The Balaban J connectivity index is 3.04. The minimum atomic E-state index is -1.89. The van der Waals surface area contributed by atoms with Crippen molar-refractivity contribution in [3.05, 3.63) is 0 Å². The Morgan fingerprint density at radius 1 is 0.760 bits per heavy atom. The highest BCUT2D eigenvalue weighted by atomic mass is 28.4. The van der Waals surface area contributed by atoms with Gasteiger partial charge in [0.25, 0.3) is 0 Å². The SMILES string of the molecule is CC(C)(C)[Si](C)(C)O[C@H]1CCCC(=O)CC[C@H]1O[Si](C)(C)C(C)(C)C. The van der Waals surface area contributed by atoms with Gasteiger partial charge in [0.1, 0.15) is 5.78 Å². The second-order valence-corrected chi connectivity index (χ2v) is 20.3. The molecule has 0 aromatic carbocycles. The van der Waals surface area contributed by atoms with E-state index in [-0.39, 0.29) is 22.3 Å². The summed E-state index contributed by atoms with van der Waals surface area (Å²) in [4.78, 5) is 12.0. The van der Waals surface area contributed by atoms with Crippen molar-refractivity contribution in [3.8, 4) is 0 Å². The van der Waals surface area contributed by atoms with Crippen LogP contribution in [0.5, 0.6) is 0 Å². The van der Waals surface area contributed by atoms with Crippen LogP contribution < -0.4 is 0 Å². The number of hydrogen-bond acceptors (Lipinski definition) is 3. The molecule has 2 atom stereocenters. The van der Waals surface area contributed by atoms with Crippen LogP contribution >= 0.6 is 0 Å². The molecule has 1 saturated carbocycles. The fourth-order valence-corrected chi connectivity index (χ4v) is 5.44. The Kier molecular flexibility index (Phi) is 7.33. The summed E-state index contributed by atoms with van der Waals surface area (Å²) in [6, 6.07) is 0. The molecule has 1 rings (SSSR count). The molecule has 0 radical (unpaired) electrons. The lowest BCUT2D eigenvalue weighted by Gasteiger charge is -2.45. The van der Waals surface area contributed by atoms with Crippen molar-refractivity contribution in [2.75, 3.05) is 0 Å². The van der Waals surface area contributed by atoms with Gasteiger partial charge in [-0.1, -0.05) is 41.5 Å². The summed E-state index contributed by atoms with van der Waals surface area (Å²) < 4.78 is 13.6. The van der Waals surface area contributed by atoms with Crippen molar-refractivity contribution in [2.24, 2.45) is 0 Å². The average molecular weight is 387 g/mol. The van der Waals surface area contributed by atoms with E-state index in [1.54, 1.807) is 0 Å². The van der Waals surface area contributed by atoms with Crippen molar-refractivity contribution < 1.29 is 13.6 Å². The number of carbonyl (C=O) groups excluding carboxylic acids is 1. The van der Waals surface area contributed by atoms with Crippen molar-refractivity contribution in [1.82, 2.24) is 0 Å². The molecule has 0 aromatic rings. The molecule has 25 heavy (non-hydrogen) atoms. The van der Waals surface area contributed by atoms with E-state index in [0.29, 0.717) is 18.6 Å². The maximum absolute atomic E-state index is 12.0. The van der Waals surface area contributed by atoms with Crippen molar-refractivity contribution in [1.29, 1.82) is 0 Å². The van der Waals surface area contributed by atoms with Crippen LogP contribution in [-0.4, -0.2) is 34.6 Å². The third-order valence-electron chi connectivity index (χ3n) is 6.57. The van der Waals surface area contributed by atoms with Gasteiger partial charge in [-0.25, -0.2) is 0 Å². The lowest BCUT2D eigenvalue weighted by Crippen LogP contribution is -2.52. The molecule has 0 bridgehead atoms. The molecule has 0 spiro atoms. The summed E-state index contributed by atoms with van der Waals surface area (Å²) >= 11 is 0. The van der Waals surface area contributed by atoms with E-state index in [2.05, 4.69) is 67.7 Å². The van der Waals surface area contributed by atoms with Gasteiger partial charge in [-0.3, -0.25) is 4.79 Å². The van der Waals surface area contributed by atoms with Gasteiger partial charge in [0.2, 0.25) is 0 Å². The number of hydrogen-bond donors (Lipinski definition) is 0. The lowest BCUT2D eigenvalue weighted by molar-refractivity contribution is -0.120. The minimum Gasteiger partial charge on any atom is -0.411 e. The molecule has 3 nitrogen and oxygen atoms in total. The molecule has 5 heteroatoms. The predicted molar refractivity (Wildman–Crippen MR) is 112 cm³/mol. The molecule has 0 N–H and O–H groups in total. The van der Waals surface area contributed by atoms with E-state index >= 15 is 0 Å². The summed E-state index contributed by atoms with van der Waals surface area (Å²) in [5, 5.41) is 0.355. The summed E-state index contributed by atoms with van der Waals surface area (Å²) in [6.07, 6.45) is 4.20. The number of ketones is 1. The largest absolute Gasteiger partial charge is 0.411 e. The van der Waals surface area contributed by atoms with Crippen molar-refractivity contribution in [3.63, 3.8) is 0 Å². The standard InChI is InChI=1S/C20H42O3Si2/c1-19(2,3)24(7,8)22-17-13-11-12-16(21)14-15-18(17)23-25(9,10)20(4,5)6/h17-18H,11-15H2,1-10H3/t17-,18+/m0/s1. The second-order valence-electron chi connectivity index (χ2n) is 10.8. The molecular formula is C20H42O3Si2. The molecular weight excluding hydrogens is 344 g/mol. The quantitative estimate of drug-likeness (QED) is 0.532. The van der Waals surface area contributed by atoms with E-state index < -0.39 is 16.6 Å². The second kappa shape index (κ2) is 7.95. The molecule has 0 saturated heterocycles. The first-order valence-electron chi connectivity index (χ1n) is 9.94. The molecule has 148 valence electrons. The zero-order chi connectivity index (χ0) is 19.7. The first-order valence-corrected chi connectivity index (χ1v) is 15.8. The van der Waals surface area contributed by atoms with E-state index in [1.807, 2.05) is 0 Å². The van der Waals surface area contributed by atoms with Crippen LogP contribution in [0.1, 0.15) is 73.6 Å². The number of carbonyl (C=O) groups is 1. The number of rotatable bonds is 4. The van der Waals surface area contributed by atoms with Crippen molar-refractivity contribution >= 4 is 22.4 Å². The maximum Gasteiger partial charge on any atom is 0.192 e. The van der Waals surface area contributed by atoms with Crippen molar-refractivity contribution in [2.45, 2.75) is 122 Å². The highest BCUT2D eigenvalue weighted by Crippen LogP contribution is 2.42. The smallest absolute Gasteiger partial charge is 0.192 e. The van der Waals surface area contributed by atoms with Gasteiger partial charge in [-0.2, -0.15) is 0 Å². The van der Waals surface area contributed by atoms with Gasteiger partial charge in [0.15, 0.2) is 16.6 Å². The third kappa shape index (κ3) is 6.30. The van der Waals surface area contributed by atoms with Crippen LogP contribution in [0, 0.1) is 0 Å². The van der Waals surface area contributed by atoms with E-state index in [9.17, 15) is 4.79 Å². The predicted octanol–water partition coefficient (Wildman–Crippen LogP) is 6.30. The van der Waals surface area contributed by atoms with Crippen LogP contribution in [0.3, 0.4) is 0 Å². The third-order valence-corrected chi connectivity index (χ3v) is 15.6.